The standard InChI is InChI=1S/C13H11Cl2N3OS/c14-11-6-10(7-12(15)16-11)20-8-13(19)18-17-9-4-2-1-3-5-9/h1-7,17H,8H2,(H,18,19). The van der Waals surface area contributed by atoms with Gasteiger partial charge in [-0.1, -0.05) is 41.4 Å². The van der Waals surface area contributed by atoms with Crippen LogP contribution < -0.4 is 10.9 Å². The van der Waals surface area contributed by atoms with Crippen molar-refractivity contribution in [2.45, 2.75) is 4.90 Å². The molecule has 0 unspecified atom stereocenters. The molecule has 4 nitrogen and oxygen atoms in total. The lowest BCUT2D eigenvalue weighted by Crippen LogP contribution is -2.30. The molecule has 0 atom stereocenters. The highest BCUT2D eigenvalue weighted by Crippen LogP contribution is 2.23. The summed E-state index contributed by atoms with van der Waals surface area (Å²) in [6, 6.07) is 12.7. The molecule has 1 aromatic heterocycles. The van der Waals surface area contributed by atoms with E-state index in [0.717, 1.165) is 10.6 Å². The van der Waals surface area contributed by atoms with Gasteiger partial charge in [0.05, 0.1) is 11.4 Å². The van der Waals surface area contributed by atoms with E-state index >= 15 is 0 Å². The quantitative estimate of drug-likeness (QED) is 0.500. The zero-order valence-electron chi connectivity index (χ0n) is 10.3. The van der Waals surface area contributed by atoms with E-state index in [0.29, 0.717) is 10.3 Å². The number of benzene rings is 1. The Hall–Kier alpha value is -1.43. The predicted molar refractivity (Wildman–Crippen MR) is 83.2 cm³/mol. The van der Waals surface area contributed by atoms with Crippen LogP contribution in [0.15, 0.2) is 47.4 Å². The number of pyridine rings is 1. The number of amides is 1. The van der Waals surface area contributed by atoms with Crippen LogP contribution in [0.5, 0.6) is 0 Å². The second kappa shape index (κ2) is 7.38. The summed E-state index contributed by atoms with van der Waals surface area (Å²) in [6.07, 6.45) is 0. The van der Waals surface area contributed by atoms with Gasteiger partial charge < -0.3 is 0 Å². The Morgan fingerprint density at radius 2 is 1.80 bits per heavy atom. The van der Waals surface area contributed by atoms with E-state index in [1.54, 1.807) is 12.1 Å². The number of hydrogen-bond acceptors (Lipinski definition) is 4. The van der Waals surface area contributed by atoms with Gasteiger partial charge in [0.2, 0.25) is 5.91 Å². The molecule has 0 aliphatic rings. The Balaban J connectivity index is 1.80. The Bertz CT molecular complexity index is 575. The van der Waals surface area contributed by atoms with E-state index in [9.17, 15) is 4.79 Å². The Morgan fingerprint density at radius 1 is 1.15 bits per heavy atom. The van der Waals surface area contributed by atoms with Crippen molar-refractivity contribution in [1.82, 2.24) is 10.4 Å². The number of hydrogen-bond donors (Lipinski definition) is 2. The highest BCUT2D eigenvalue weighted by molar-refractivity contribution is 8.00. The number of anilines is 1. The first-order valence-corrected chi connectivity index (χ1v) is 7.43. The number of rotatable bonds is 5. The maximum atomic E-state index is 11.7. The van der Waals surface area contributed by atoms with E-state index in [4.69, 9.17) is 23.2 Å². The average molecular weight is 328 g/mol. The number of halogens is 2. The monoisotopic (exact) mass is 327 g/mol. The van der Waals surface area contributed by atoms with Crippen LogP contribution in [-0.2, 0) is 4.79 Å². The molecule has 7 heteroatoms. The van der Waals surface area contributed by atoms with Gasteiger partial charge in [-0.2, -0.15) is 0 Å². The molecule has 2 rings (SSSR count). The molecule has 104 valence electrons. The molecule has 2 aromatic rings. The van der Waals surface area contributed by atoms with Crippen molar-refractivity contribution in [3.63, 3.8) is 0 Å². The topological polar surface area (TPSA) is 54.0 Å². The van der Waals surface area contributed by atoms with Crippen molar-refractivity contribution in [3.05, 3.63) is 52.8 Å². The molecule has 0 spiro atoms. The Kier molecular flexibility index (Phi) is 5.52. The molecule has 1 heterocycles. The number of aromatic nitrogens is 1. The summed E-state index contributed by atoms with van der Waals surface area (Å²) in [6.45, 7) is 0. The van der Waals surface area contributed by atoms with Crippen molar-refractivity contribution >= 4 is 46.6 Å². The molecule has 2 N–H and O–H groups in total. The van der Waals surface area contributed by atoms with Crippen LogP contribution in [0.1, 0.15) is 0 Å². The fourth-order valence-corrected chi connectivity index (χ4v) is 2.72. The van der Waals surface area contributed by atoms with E-state index in [1.165, 1.54) is 11.8 Å². The van der Waals surface area contributed by atoms with Crippen molar-refractivity contribution in [1.29, 1.82) is 0 Å². The molecular weight excluding hydrogens is 317 g/mol. The van der Waals surface area contributed by atoms with E-state index in [-0.39, 0.29) is 11.7 Å². The fourth-order valence-electron chi connectivity index (χ4n) is 1.37. The zero-order valence-corrected chi connectivity index (χ0v) is 12.6. The molecule has 0 radical (unpaired) electrons. The van der Waals surface area contributed by atoms with E-state index < -0.39 is 0 Å². The lowest BCUT2D eigenvalue weighted by Gasteiger charge is -2.08. The Labute approximate surface area is 130 Å². The van der Waals surface area contributed by atoms with E-state index in [1.807, 2.05) is 30.3 Å². The lowest BCUT2D eigenvalue weighted by atomic mass is 10.3. The summed E-state index contributed by atoms with van der Waals surface area (Å²) in [4.78, 5) is 16.3. The summed E-state index contributed by atoms with van der Waals surface area (Å²) in [5.41, 5.74) is 6.25. The minimum Gasteiger partial charge on any atom is -0.299 e. The van der Waals surface area contributed by atoms with E-state index in [2.05, 4.69) is 15.8 Å². The van der Waals surface area contributed by atoms with Crippen molar-refractivity contribution in [2.24, 2.45) is 0 Å². The number of nitrogens with zero attached hydrogens (tertiary/aromatic N) is 1. The minimum absolute atomic E-state index is 0.150. The summed E-state index contributed by atoms with van der Waals surface area (Å²) in [5, 5.41) is 0.616. The van der Waals surface area contributed by atoms with Gasteiger partial charge in [0.15, 0.2) is 0 Å². The first-order valence-electron chi connectivity index (χ1n) is 5.69. The molecule has 1 aromatic carbocycles. The smallest absolute Gasteiger partial charge is 0.248 e. The fraction of sp³-hybridized carbons (Fsp3) is 0.0769. The molecular formula is C13H11Cl2N3OS. The molecule has 0 aliphatic heterocycles. The molecule has 1 amide bonds. The van der Waals surface area contributed by atoms with Gasteiger partial charge >= 0.3 is 0 Å². The third-order valence-corrected chi connectivity index (χ3v) is 3.59. The zero-order chi connectivity index (χ0) is 14.4. The maximum Gasteiger partial charge on any atom is 0.248 e. The largest absolute Gasteiger partial charge is 0.299 e. The van der Waals surface area contributed by atoms with Gasteiger partial charge in [0, 0.05) is 4.90 Å². The minimum atomic E-state index is -0.150. The second-order valence-electron chi connectivity index (χ2n) is 3.78. The SMILES string of the molecule is O=C(CSc1cc(Cl)nc(Cl)c1)NNc1ccccc1. The molecule has 0 bridgehead atoms. The Morgan fingerprint density at radius 3 is 2.45 bits per heavy atom. The molecule has 20 heavy (non-hydrogen) atoms. The third-order valence-electron chi connectivity index (χ3n) is 2.23. The molecule has 0 saturated heterocycles. The van der Waals surface area contributed by atoms with Crippen LogP contribution >= 0.6 is 35.0 Å². The van der Waals surface area contributed by atoms with Crippen molar-refractivity contribution in [3.8, 4) is 0 Å². The first-order chi connectivity index (χ1) is 9.63. The maximum absolute atomic E-state index is 11.7. The van der Waals surface area contributed by atoms with Gasteiger partial charge in [0.25, 0.3) is 0 Å². The highest BCUT2D eigenvalue weighted by Gasteiger charge is 2.05. The molecule has 0 fully saturated rings. The number of para-hydroxylation sites is 1. The third kappa shape index (κ3) is 4.92. The highest BCUT2D eigenvalue weighted by atomic mass is 35.5. The van der Waals surface area contributed by atoms with Crippen LogP contribution in [0.2, 0.25) is 10.3 Å². The van der Waals surface area contributed by atoms with Crippen molar-refractivity contribution < 1.29 is 4.79 Å². The van der Waals surface area contributed by atoms with Crippen LogP contribution in [0, 0.1) is 0 Å². The van der Waals surface area contributed by atoms with Crippen LogP contribution in [0.25, 0.3) is 0 Å². The first kappa shape index (κ1) is 15.0. The predicted octanol–water partition coefficient (Wildman–Crippen LogP) is 3.62. The number of hydrazine groups is 1. The molecule has 0 aliphatic carbocycles. The number of carbonyl (C=O) groups is 1. The molecule has 0 saturated carbocycles. The average Bonchev–Trinajstić information content (AvgIpc) is 2.43. The summed E-state index contributed by atoms with van der Waals surface area (Å²) >= 11 is 12.9. The number of nitrogens with one attached hydrogen (secondary N) is 2. The number of thioether (sulfide) groups is 1. The van der Waals surface area contributed by atoms with Crippen molar-refractivity contribution in [2.75, 3.05) is 11.2 Å². The summed E-state index contributed by atoms with van der Waals surface area (Å²) in [7, 11) is 0. The summed E-state index contributed by atoms with van der Waals surface area (Å²) in [5.74, 6) is 0.0964. The van der Waals surface area contributed by atoms with Gasteiger partial charge in [-0.05, 0) is 24.3 Å². The van der Waals surface area contributed by atoms with Crippen LogP contribution in [-0.4, -0.2) is 16.6 Å². The van der Waals surface area contributed by atoms with Crippen LogP contribution in [0.4, 0.5) is 5.69 Å². The van der Waals surface area contributed by atoms with Gasteiger partial charge in [-0.15, -0.1) is 11.8 Å². The van der Waals surface area contributed by atoms with Crippen LogP contribution in [0.3, 0.4) is 0 Å². The lowest BCUT2D eigenvalue weighted by molar-refractivity contribution is -0.118. The van der Waals surface area contributed by atoms with Gasteiger partial charge in [-0.25, -0.2) is 4.98 Å². The van der Waals surface area contributed by atoms with Gasteiger partial charge in [-0.3, -0.25) is 15.6 Å². The normalized spacial score (nSPS) is 10.1. The van der Waals surface area contributed by atoms with Gasteiger partial charge in [0.1, 0.15) is 10.3 Å². The number of carbonyl (C=O) groups excluding carboxylic acids is 1. The summed E-state index contributed by atoms with van der Waals surface area (Å²) < 4.78 is 0. The second-order valence-corrected chi connectivity index (χ2v) is 5.60.